The SMILES string of the molecule is CC(COS(=O)(=O)C(F)(F)F)[N+](=O)[O-]. The molecule has 0 aliphatic rings. The lowest BCUT2D eigenvalue weighted by molar-refractivity contribution is -0.520. The molecule has 0 amide bonds. The highest BCUT2D eigenvalue weighted by atomic mass is 32.2. The molecule has 6 nitrogen and oxygen atoms in total. The summed E-state index contributed by atoms with van der Waals surface area (Å²) in [5, 5.41) is 9.92. The predicted molar refractivity (Wildman–Crippen MR) is 37.4 cm³/mol. The summed E-state index contributed by atoms with van der Waals surface area (Å²) in [6, 6.07) is -1.52. The maximum Gasteiger partial charge on any atom is 0.523 e. The highest BCUT2D eigenvalue weighted by Gasteiger charge is 2.47. The third-order valence-electron chi connectivity index (χ3n) is 1.11. The minimum absolute atomic E-state index is 0.923. The Hall–Kier alpha value is -0.900. The highest BCUT2D eigenvalue weighted by Crippen LogP contribution is 2.24. The third kappa shape index (κ3) is 3.46. The molecule has 0 saturated heterocycles. The molecule has 0 bridgehead atoms. The quantitative estimate of drug-likeness (QED) is 0.308. The minimum Gasteiger partial charge on any atom is -0.264 e. The Labute approximate surface area is 76.9 Å². The fraction of sp³-hybridized carbons (Fsp3) is 1.00. The molecule has 0 heterocycles. The molecule has 14 heavy (non-hydrogen) atoms. The van der Waals surface area contributed by atoms with E-state index in [9.17, 15) is 31.7 Å². The Balaban J connectivity index is 4.36. The van der Waals surface area contributed by atoms with Crippen molar-refractivity contribution in [3.8, 4) is 0 Å². The molecule has 1 atom stereocenters. The minimum atomic E-state index is -5.73. The summed E-state index contributed by atoms with van der Waals surface area (Å²) in [6.07, 6.45) is 0. The van der Waals surface area contributed by atoms with Crippen molar-refractivity contribution in [1.82, 2.24) is 0 Å². The molecule has 0 aliphatic heterocycles. The number of halogens is 3. The van der Waals surface area contributed by atoms with Gasteiger partial charge in [-0.2, -0.15) is 21.6 Å². The molecular formula is C4H6F3NO5S. The van der Waals surface area contributed by atoms with Crippen molar-refractivity contribution in [3.63, 3.8) is 0 Å². The molecule has 0 aromatic rings. The Bertz CT molecular complexity index is 309. The lowest BCUT2D eigenvalue weighted by Gasteiger charge is -2.08. The zero-order valence-corrected chi connectivity index (χ0v) is 7.63. The number of alkyl halides is 3. The maximum absolute atomic E-state index is 11.6. The largest absolute Gasteiger partial charge is 0.523 e. The van der Waals surface area contributed by atoms with Crippen molar-refractivity contribution in [2.24, 2.45) is 0 Å². The van der Waals surface area contributed by atoms with Crippen molar-refractivity contribution in [3.05, 3.63) is 10.1 Å². The van der Waals surface area contributed by atoms with Gasteiger partial charge in [-0.3, -0.25) is 14.3 Å². The van der Waals surface area contributed by atoms with Crippen LogP contribution in [0.25, 0.3) is 0 Å². The van der Waals surface area contributed by atoms with Crippen LogP contribution in [0.2, 0.25) is 0 Å². The molecule has 0 radical (unpaired) electrons. The van der Waals surface area contributed by atoms with E-state index in [4.69, 9.17) is 0 Å². The predicted octanol–water partition coefficient (Wildman–Crippen LogP) is 0.518. The highest BCUT2D eigenvalue weighted by molar-refractivity contribution is 7.87. The van der Waals surface area contributed by atoms with Crippen LogP contribution in [0.1, 0.15) is 6.92 Å². The smallest absolute Gasteiger partial charge is 0.264 e. The Morgan fingerprint density at radius 3 is 2.21 bits per heavy atom. The van der Waals surface area contributed by atoms with Gasteiger partial charge in [0.2, 0.25) is 6.04 Å². The number of hydrogen-bond donors (Lipinski definition) is 0. The van der Waals surface area contributed by atoms with E-state index in [0.29, 0.717) is 0 Å². The van der Waals surface area contributed by atoms with Gasteiger partial charge in [0.15, 0.2) is 0 Å². The van der Waals surface area contributed by atoms with Crippen LogP contribution >= 0.6 is 0 Å². The van der Waals surface area contributed by atoms with Crippen LogP contribution in [0.3, 0.4) is 0 Å². The van der Waals surface area contributed by atoms with Crippen LogP contribution < -0.4 is 0 Å². The standard InChI is InChI=1S/C4H6F3NO5S/c1-3(8(9)10)2-13-14(11,12)4(5,6)7/h3H,2H2,1H3. The average Bonchev–Trinajstić information content (AvgIpc) is 1.97. The second kappa shape index (κ2) is 4.09. The Morgan fingerprint density at radius 1 is 1.50 bits per heavy atom. The summed E-state index contributed by atoms with van der Waals surface area (Å²) >= 11 is 0. The van der Waals surface area contributed by atoms with Gasteiger partial charge in [-0.25, -0.2) is 0 Å². The summed E-state index contributed by atoms with van der Waals surface area (Å²) in [7, 11) is -5.73. The molecular weight excluding hydrogens is 231 g/mol. The summed E-state index contributed by atoms with van der Waals surface area (Å²) in [6.45, 7) is -0.221. The van der Waals surface area contributed by atoms with Gasteiger partial charge in [-0.1, -0.05) is 0 Å². The van der Waals surface area contributed by atoms with Crippen LogP contribution in [-0.4, -0.2) is 31.5 Å². The van der Waals surface area contributed by atoms with Crippen molar-refractivity contribution in [1.29, 1.82) is 0 Å². The molecule has 0 aliphatic carbocycles. The van der Waals surface area contributed by atoms with Gasteiger partial charge >= 0.3 is 15.6 Å². The Kier molecular flexibility index (Phi) is 3.82. The summed E-state index contributed by atoms with van der Waals surface area (Å²) in [4.78, 5) is 8.96. The van der Waals surface area contributed by atoms with Crippen LogP contribution in [0.4, 0.5) is 13.2 Å². The van der Waals surface area contributed by atoms with Crippen LogP contribution in [0.15, 0.2) is 0 Å². The fourth-order valence-electron chi connectivity index (χ4n) is 0.316. The number of nitro groups is 1. The lowest BCUT2D eigenvalue weighted by atomic mass is 10.4. The first kappa shape index (κ1) is 13.1. The molecule has 10 heteroatoms. The first-order chi connectivity index (χ1) is 6.08. The van der Waals surface area contributed by atoms with Crippen LogP contribution in [0.5, 0.6) is 0 Å². The zero-order valence-electron chi connectivity index (χ0n) is 6.82. The van der Waals surface area contributed by atoms with Crippen LogP contribution in [-0.2, 0) is 14.3 Å². The summed E-state index contributed by atoms with van der Waals surface area (Å²) in [5.41, 5.74) is -5.55. The first-order valence-corrected chi connectivity index (χ1v) is 4.58. The van der Waals surface area contributed by atoms with Gasteiger partial charge in [0.05, 0.1) is 0 Å². The normalized spacial score (nSPS) is 15.1. The Morgan fingerprint density at radius 2 is 1.93 bits per heavy atom. The van der Waals surface area contributed by atoms with Gasteiger partial charge in [0.1, 0.15) is 6.61 Å². The van der Waals surface area contributed by atoms with E-state index in [2.05, 4.69) is 4.18 Å². The monoisotopic (exact) mass is 237 g/mol. The van der Waals surface area contributed by atoms with Gasteiger partial charge < -0.3 is 0 Å². The molecule has 0 aromatic carbocycles. The molecule has 0 saturated carbocycles. The van der Waals surface area contributed by atoms with Crippen molar-refractivity contribution in [2.45, 2.75) is 18.5 Å². The number of rotatable bonds is 4. The second-order valence-electron chi connectivity index (χ2n) is 2.32. The van der Waals surface area contributed by atoms with Crippen molar-refractivity contribution >= 4 is 10.1 Å². The summed E-state index contributed by atoms with van der Waals surface area (Å²) in [5.74, 6) is 0. The summed E-state index contributed by atoms with van der Waals surface area (Å²) < 4.78 is 58.6. The van der Waals surface area contributed by atoms with E-state index in [1.807, 2.05) is 0 Å². The van der Waals surface area contributed by atoms with E-state index in [1.54, 1.807) is 0 Å². The second-order valence-corrected chi connectivity index (χ2v) is 3.93. The number of hydrogen-bond acceptors (Lipinski definition) is 5. The molecule has 0 fully saturated rings. The van der Waals surface area contributed by atoms with Gasteiger partial charge in [-0.15, -0.1) is 0 Å². The molecule has 0 N–H and O–H groups in total. The van der Waals surface area contributed by atoms with Crippen LogP contribution in [0, 0.1) is 10.1 Å². The van der Waals surface area contributed by atoms with Crippen molar-refractivity contribution in [2.75, 3.05) is 6.61 Å². The van der Waals surface area contributed by atoms with E-state index < -0.39 is 33.2 Å². The van der Waals surface area contributed by atoms with E-state index >= 15 is 0 Å². The molecule has 84 valence electrons. The van der Waals surface area contributed by atoms with E-state index in [0.717, 1.165) is 6.92 Å². The van der Waals surface area contributed by atoms with Gasteiger partial charge in [0, 0.05) is 11.8 Å². The average molecular weight is 237 g/mol. The molecule has 1 unspecified atom stereocenters. The zero-order chi connectivity index (χ0) is 11.6. The van der Waals surface area contributed by atoms with Gasteiger partial charge in [0.25, 0.3) is 0 Å². The van der Waals surface area contributed by atoms with Gasteiger partial charge in [-0.05, 0) is 0 Å². The molecule has 0 rings (SSSR count). The van der Waals surface area contributed by atoms with E-state index in [1.165, 1.54) is 0 Å². The molecule has 0 spiro atoms. The molecule has 0 aromatic heterocycles. The van der Waals surface area contributed by atoms with E-state index in [-0.39, 0.29) is 0 Å². The number of nitrogens with zero attached hydrogens (tertiary/aromatic N) is 1. The first-order valence-electron chi connectivity index (χ1n) is 3.17. The maximum atomic E-state index is 11.6. The topological polar surface area (TPSA) is 86.5 Å². The van der Waals surface area contributed by atoms with Crippen molar-refractivity contribution < 1.29 is 30.7 Å². The lowest BCUT2D eigenvalue weighted by Crippen LogP contribution is -2.30. The fourth-order valence-corrected chi connectivity index (χ4v) is 0.825. The third-order valence-corrected chi connectivity index (χ3v) is 2.12.